The van der Waals surface area contributed by atoms with Crippen LogP contribution in [0.25, 0.3) is 0 Å². The Balaban J connectivity index is 2.23. The van der Waals surface area contributed by atoms with Gasteiger partial charge in [-0.2, -0.15) is 0 Å². The van der Waals surface area contributed by atoms with Gasteiger partial charge in [0.05, 0.1) is 37.4 Å². The fraction of sp³-hybridized carbons (Fsp3) is 0.828. The summed E-state index contributed by atoms with van der Waals surface area (Å²) in [6, 6.07) is -1.13. The molecule has 1 N–H and O–H groups in total. The summed E-state index contributed by atoms with van der Waals surface area (Å²) in [5.41, 5.74) is 0.599. The SMILES string of the molecule is COC[C@@H]1CC[C@@H](COC)N1C(=O)C(C)=C[C@H](C(C)C)N(C)C(=O)[C@@H](NC(=O)C1CCCCN1C)C(C)C. The Labute approximate surface area is 230 Å². The number of rotatable bonds is 12. The van der Waals surface area contributed by atoms with Gasteiger partial charge in [0.1, 0.15) is 6.04 Å². The Kier molecular flexibility index (Phi) is 12.7. The van der Waals surface area contributed by atoms with Crippen molar-refractivity contribution in [2.75, 3.05) is 48.1 Å². The van der Waals surface area contributed by atoms with E-state index in [4.69, 9.17) is 9.47 Å². The number of likely N-dealkylation sites (N-methyl/N-ethyl adjacent to an activating group) is 2. The van der Waals surface area contributed by atoms with Crippen LogP contribution in [-0.4, -0.2) is 111 Å². The van der Waals surface area contributed by atoms with Crippen LogP contribution in [0.1, 0.15) is 66.7 Å². The third-order valence-corrected chi connectivity index (χ3v) is 8.11. The third-order valence-electron chi connectivity index (χ3n) is 8.11. The molecule has 2 fully saturated rings. The summed E-state index contributed by atoms with van der Waals surface area (Å²) >= 11 is 0. The van der Waals surface area contributed by atoms with E-state index in [1.165, 1.54) is 0 Å². The molecule has 38 heavy (non-hydrogen) atoms. The third kappa shape index (κ3) is 8.02. The minimum absolute atomic E-state index is 0.00585. The number of amides is 3. The topological polar surface area (TPSA) is 91.4 Å². The van der Waals surface area contributed by atoms with Gasteiger partial charge in [-0.3, -0.25) is 19.3 Å². The maximum absolute atomic E-state index is 13.8. The molecule has 9 nitrogen and oxygen atoms in total. The summed E-state index contributed by atoms with van der Waals surface area (Å²) < 4.78 is 10.8. The van der Waals surface area contributed by atoms with Crippen molar-refractivity contribution in [3.05, 3.63) is 11.6 Å². The predicted molar refractivity (Wildman–Crippen MR) is 150 cm³/mol. The largest absolute Gasteiger partial charge is 0.383 e. The normalized spacial score (nSPS) is 24.6. The zero-order valence-corrected chi connectivity index (χ0v) is 25.2. The first-order chi connectivity index (χ1) is 17.9. The van der Waals surface area contributed by atoms with Crippen molar-refractivity contribution in [1.82, 2.24) is 20.0 Å². The van der Waals surface area contributed by atoms with Crippen molar-refractivity contribution in [1.29, 1.82) is 0 Å². The molecule has 0 aliphatic carbocycles. The molecule has 0 aromatic carbocycles. The molecule has 2 aliphatic heterocycles. The summed E-state index contributed by atoms with van der Waals surface area (Å²) in [6.07, 6.45) is 6.57. The van der Waals surface area contributed by atoms with Gasteiger partial charge in [-0.15, -0.1) is 0 Å². The smallest absolute Gasteiger partial charge is 0.249 e. The molecule has 5 atom stereocenters. The van der Waals surface area contributed by atoms with Crippen LogP contribution in [0.2, 0.25) is 0 Å². The molecule has 2 heterocycles. The molecule has 3 amide bonds. The number of ether oxygens (including phenoxy) is 2. The van der Waals surface area contributed by atoms with Gasteiger partial charge in [0.15, 0.2) is 0 Å². The van der Waals surface area contributed by atoms with E-state index in [0.717, 1.165) is 38.6 Å². The van der Waals surface area contributed by atoms with Crippen LogP contribution in [0.3, 0.4) is 0 Å². The molecule has 2 saturated heterocycles. The molecule has 0 aromatic rings. The second-order valence-electron chi connectivity index (χ2n) is 11.8. The van der Waals surface area contributed by atoms with E-state index in [0.29, 0.717) is 18.8 Å². The number of carbonyl (C=O) groups excluding carboxylic acids is 3. The molecule has 0 saturated carbocycles. The van der Waals surface area contributed by atoms with E-state index >= 15 is 0 Å². The number of methoxy groups -OCH3 is 2. The monoisotopic (exact) mass is 536 g/mol. The average molecular weight is 537 g/mol. The first-order valence-corrected chi connectivity index (χ1v) is 14.2. The van der Waals surface area contributed by atoms with Crippen molar-refractivity contribution in [2.24, 2.45) is 11.8 Å². The Morgan fingerprint density at radius 3 is 2.03 bits per heavy atom. The molecule has 1 unspecified atom stereocenters. The van der Waals surface area contributed by atoms with Gasteiger partial charge in [0, 0.05) is 26.8 Å². The number of hydrogen-bond acceptors (Lipinski definition) is 6. The molecule has 0 bridgehead atoms. The highest BCUT2D eigenvalue weighted by atomic mass is 16.5. The summed E-state index contributed by atoms with van der Waals surface area (Å²) in [4.78, 5) is 46.2. The molecule has 2 rings (SSSR count). The molecule has 0 spiro atoms. The average Bonchev–Trinajstić information content (AvgIpc) is 3.26. The van der Waals surface area contributed by atoms with E-state index in [9.17, 15) is 14.4 Å². The minimum atomic E-state index is -0.635. The quantitative estimate of drug-likeness (QED) is 0.386. The fourth-order valence-corrected chi connectivity index (χ4v) is 5.82. The highest BCUT2D eigenvalue weighted by molar-refractivity contribution is 5.94. The fourth-order valence-electron chi connectivity index (χ4n) is 5.82. The van der Waals surface area contributed by atoms with Crippen molar-refractivity contribution < 1.29 is 23.9 Å². The van der Waals surface area contributed by atoms with Gasteiger partial charge >= 0.3 is 0 Å². The van der Waals surface area contributed by atoms with Crippen LogP contribution < -0.4 is 5.32 Å². The maximum Gasteiger partial charge on any atom is 0.249 e. The number of nitrogens with one attached hydrogen (secondary N) is 1. The molecule has 0 aromatic heterocycles. The van der Waals surface area contributed by atoms with Crippen LogP contribution in [0.4, 0.5) is 0 Å². The van der Waals surface area contributed by atoms with Gasteiger partial charge in [-0.05, 0) is 58.0 Å². The van der Waals surface area contributed by atoms with Gasteiger partial charge in [-0.25, -0.2) is 0 Å². The second kappa shape index (κ2) is 15.0. The molecule has 2 aliphatic rings. The van der Waals surface area contributed by atoms with Gasteiger partial charge in [-0.1, -0.05) is 40.2 Å². The van der Waals surface area contributed by atoms with Crippen molar-refractivity contribution in [3.8, 4) is 0 Å². The van der Waals surface area contributed by atoms with E-state index < -0.39 is 6.04 Å². The van der Waals surface area contributed by atoms with Crippen LogP contribution in [0.5, 0.6) is 0 Å². The van der Waals surface area contributed by atoms with Crippen LogP contribution >= 0.6 is 0 Å². The summed E-state index contributed by atoms with van der Waals surface area (Å²) in [5.74, 6) is -0.276. The van der Waals surface area contributed by atoms with Gasteiger partial charge < -0.3 is 24.6 Å². The van der Waals surface area contributed by atoms with Crippen molar-refractivity contribution in [2.45, 2.75) is 96.9 Å². The van der Waals surface area contributed by atoms with Crippen molar-refractivity contribution >= 4 is 17.7 Å². The Hall–Kier alpha value is -1.97. The van der Waals surface area contributed by atoms with Crippen LogP contribution in [0, 0.1) is 11.8 Å². The summed E-state index contributed by atoms with van der Waals surface area (Å²) in [5, 5.41) is 3.06. The molecule has 0 radical (unpaired) electrons. The predicted octanol–water partition coefficient (Wildman–Crippen LogP) is 2.69. The number of hydrogen-bond donors (Lipinski definition) is 1. The standard InChI is InChI=1S/C29H52N4O5/c1-19(2)25(16-21(5)28(35)33-22(17-37-8)13-14-23(33)18-38-9)32(7)29(36)26(20(3)4)30-27(34)24-12-10-11-15-31(24)6/h16,19-20,22-26H,10-15,17-18H2,1-9H3,(H,30,34)/t22-,23-,24?,25+,26-/m0/s1. The molecule has 218 valence electrons. The maximum atomic E-state index is 13.8. The summed E-state index contributed by atoms with van der Waals surface area (Å²) in [6.45, 7) is 11.7. The lowest BCUT2D eigenvalue weighted by molar-refractivity contribution is -0.140. The Bertz CT molecular complexity index is 816. The lowest BCUT2D eigenvalue weighted by atomic mass is 9.96. The van der Waals surface area contributed by atoms with Gasteiger partial charge in [0.25, 0.3) is 0 Å². The molecular weight excluding hydrogens is 484 g/mol. The first-order valence-electron chi connectivity index (χ1n) is 14.2. The minimum Gasteiger partial charge on any atom is -0.383 e. The van der Waals surface area contributed by atoms with Gasteiger partial charge in [0.2, 0.25) is 17.7 Å². The lowest BCUT2D eigenvalue weighted by Gasteiger charge is -2.36. The lowest BCUT2D eigenvalue weighted by Crippen LogP contribution is -2.57. The number of likely N-dealkylation sites (tertiary alicyclic amines) is 2. The van der Waals surface area contributed by atoms with E-state index in [1.807, 2.05) is 52.6 Å². The Morgan fingerprint density at radius 2 is 1.55 bits per heavy atom. The van der Waals surface area contributed by atoms with Crippen molar-refractivity contribution in [3.63, 3.8) is 0 Å². The number of carbonyl (C=O) groups is 3. The van der Waals surface area contributed by atoms with E-state index in [1.54, 1.807) is 26.2 Å². The second-order valence-corrected chi connectivity index (χ2v) is 11.8. The first kappa shape index (κ1) is 32.2. The van der Waals surface area contributed by atoms with E-state index in [-0.39, 0.29) is 53.7 Å². The molecule has 9 heteroatoms. The highest BCUT2D eigenvalue weighted by Crippen LogP contribution is 2.27. The molecular formula is C29H52N4O5. The highest BCUT2D eigenvalue weighted by Gasteiger charge is 2.38. The van der Waals surface area contributed by atoms with Crippen LogP contribution in [0.15, 0.2) is 11.6 Å². The number of nitrogens with zero attached hydrogens (tertiary/aromatic N) is 3. The van der Waals surface area contributed by atoms with Crippen LogP contribution in [-0.2, 0) is 23.9 Å². The van der Waals surface area contributed by atoms with E-state index in [2.05, 4.69) is 10.2 Å². The number of piperidine rings is 1. The zero-order chi connectivity index (χ0) is 28.6. The summed E-state index contributed by atoms with van der Waals surface area (Å²) in [7, 11) is 7.05. The zero-order valence-electron chi connectivity index (χ0n) is 25.2. The Morgan fingerprint density at radius 1 is 0.974 bits per heavy atom.